The number of hydrogen-bond donors (Lipinski definition) is 0. The SMILES string of the molecule is COCCN(Cc1ccco1)C(=O)c1ccc(Cl)c(S(C)(=O)=O)c1. The van der Waals surface area contributed by atoms with Gasteiger partial charge in [-0.2, -0.15) is 0 Å². The summed E-state index contributed by atoms with van der Waals surface area (Å²) < 4.78 is 33.9. The second kappa shape index (κ2) is 7.83. The van der Waals surface area contributed by atoms with E-state index in [9.17, 15) is 13.2 Å². The van der Waals surface area contributed by atoms with Crippen molar-refractivity contribution in [1.82, 2.24) is 4.90 Å². The summed E-state index contributed by atoms with van der Waals surface area (Å²) in [4.78, 5) is 14.2. The molecule has 8 heteroatoms. The van der Waals surface area contributed by atoms with Gasteiger partial charge >= 0.3 is 0 Å². The maximum atomic E-state index is 12.8. The van der Waals surface area contributed by atoms with Crippen LogP contribution in [0.3, 0.4) is 0 Å². The van der Waals surface area contributed by atoms with E-state index in [4.69, 9.17) is 20.8 Å². The number of benzene rings is 1. The van der Waals surface area contributed by atoms with Gasteiger partial charge in [-0.3, -0.25) is 4.79 Å². The van der Waals surface area contributed by atoms with Gasteiger partial charge in [-0.1, -0.05) is 11.6 Å². The summed E-state index contributed by atoms with van der Waals surface area (Å²) >= 11 is 5.92. The van der Waals surface area contributed by atoms with Crippen LogP contribution in [0.2, 0.25) is 5.02 Å². The second-order valence-electron chi connectivity index (χ2n) is 5.22. The average molecular weight is 372 g/mol. The normalized spacial score (nSPS) is 11.5. The van der Waals surface area contributed by atoms with E-state index in [2.05, 4.69) is 0 Å². The standard InChI is InChI=1S/C16H18ClNO5S/c1-22-9-7-18(11-13-4-3-8-23-13)16(19)12-5-6-14(17)15(10-12)24(2,20)21/h3-6,8,10H,7,9,11H2,1-2H3. The molecule has 24 heavy (non-hydrogen) atoms. The van der Waals surface area contributed by atoms with Crippen molar-refractivity contribution in [1.29, 1.82) is 0 Å². The second-order valence-corrected chi connectivity index (χ2v) is 7.61. The van der Waals surface area contributed by atoms with Crippen LogP contribution in [0.25, 0.3) is 0 Å². The number of carbonyl (C=O) groups is 1. The summed E-state index contributed by atoms with van der Waals surface area (Å²) in [5.74, 6) is 0.293. The molecule has 0 saturated carbocycles. The van der Waals surface area contributed by atoms with E-state index in [0.717, 1.165) is 6.26 Å². The van der Waals surface area contributed by atoms with Crippen LogP contribution in [0.1, 0.15) is 16.1 Å². The number of sulfone groups is 1. The van der Waals surface area contributed by atoms with Crippen molar-refractivity contribution in [3.05, 3.63) is 52.9 Å². The van der Waals surface area contributed by atoms with E-state index >= 15 is 0 Å². The van der Waals surface area contributed by atoms with Crippen LogP contribution in [-0.2, 0) is 21.1 Å². The number of carbonyl (C=O) groups excluding carboxylic acids is 1. The maximum Gasteiger partial charge on any atom is 0.254 e. The molecule has 2 rings (SSSR count). The van der Waals surface area contributed by atoms with Crippen LogP contribution in [-0.4, -0.2) is 45.7 Å². The first kappa shape index (κ1) is 18.5. The van der Waals surface area contributed by atoms with Crippen molar-refractivity contribution in [3.8, 4) is 0 Å². The molecule has 2 aromatic rings. The van der Waals surface area contributed by atoms with Crippen molar-refractivity contribution in [2.45, 2.75) is 11.4 Å². The van der Waals surface area contributed by atoms with Crippen molar-refractivity contribution in [2.75, 3.05) is 26.5 Å². The van der Waals surface area contributed by atoms with Gasteiger partial charge in [-0.05, 0) is 30.3 Å². The fraction of sp³-hybridized carbons (Fsp3) is 0.312. The smallest absolute Gasteiger partial charge is 0.254 e. The van der Waals surface area contributed by atoms with Gasteiger partial charge in [0.05, 0.1) is 29.3 Å². The third-order valence-corrected chi connectivity index (χ3v) is 4.94. The molecule has 1 aromatic heterocycles. The number of nitrogens with zero attached hydrogens (tertiary/aromatic N) is 1. The molecule has 0 unspecified atom stereocenters. The van der Waals surface area contributed by atoms with Gasteiger partial charge in [0.15, 0.2) is 9.84 Å². The molecule has 0 radical (unpaired) electrons. The highest BCUT2D eigenvalue weighted by Gasteiger charge is 2.20. The number of halogens is 1. The molecule has 0 spiro atoms. The molecule has 0 N–H and O–H groups in total. The van der Waals surface area contributed by atoms with E-state index in [1.165, 1.54) is 29.4 Å². The Hall–Kier alpha value is -1.83. The topological polar surface area (TPSA) is 76.8 Å². The van der Waals surface area contributed by atoms with E-state index in [0.29, 0.717) is 18.9 Å². The first-order valence-electron chi connectivity index (χ1n) is 7.13. The summed E-state index contributed by atoms with van der Waals surface area (Å²) in [6.45, 7) is 0.942. The maximum absolute atomic E-state index is 12.8. The molecule has 1 heterocycles. The summed E-state index contributed by atoms with van der Waals surface area (Å²) in [5, 5.41) is 0.0866. The number of furan rings is 1. The molecular formula is C16H18ClNO5S. The highest BCUT2D eigenvalue weighted by molar-refractivity contribution is 7.90. The Balaban J connectivity index is 2.31. The van der Waals surface area contributed by atoms with Gasteiger partial charge in [-0.25, -0.2) is 8.42 Å². The molecule has 0 bridgehead atoms. The van der Waals surface area contributed by atoms with Crippen LogP contribution in [0, 0.1) is 0 Å². The number of methoxy groups -OCH3 is 1. The molecule has 0 aliphatic heterocycles. The molecule has 6 nitrogen and oxygen atoms in total. The lowest BCUT2D eigenvalue weighted by molar-refractivity contribution is 0.0666. The predicted molar refractivity (Wildman–Crippen MR) is 89.9 cm³/mol. The number of ether oxygens (including phenoxy) is 1. The first-order chi connectivity index (χ1) is 11.3. The summed E-state index contributed by atoms with van der Waals surface area (Å²) in [7, 11) is -1.99. The lowest BCUT2D eigenvalue weighted by Gasteiger charge is -2.21. The van der Waals surface area contributed by atoms with Crippen molar-refractivity contribution < 1.29 is 22.4 Å². The van der Waals surface area contributed by atoms with Gasteiger partial charge in [0.2, 0.25) is 0 Å². The first-order valence-corrected chi connectivity index (χ1v) is 9.40. The van der Waals surface area contributed by atoms with E-state index in [1.54, 1.807) is 19.2 Å². The number of hydrogen-bond acceptors (Lipinski definition) is 5. The quantitative estimate of drug-likeness (QED) is 0.747. The lowest BCUT2D eigenvalue weighted by atomic mass is 10.2. The van der Waals surface area contributed by atoms with Gasteiger partial charge in [0.25, 0.3) is 5.91 Å². The Morgan fingerprint density at radius 3 is 2.67 bits per heavy atom. The zero-order valence-electron chi connectivity index (χ0n) is 13.4. The fourth-order valence-electron chi connectivity index (χ4n) is 2.15. The van der Waals surface area contributed by atoms with Gasteiger partial charge in [0.1, 0.15) is 5.76 Å². The van der Waals surface area contributed by atoms with Crippen LogP contribution in [0.5, 0.6) is 0 Å². The Morgan fingerprint density at radius 2 is 2.08 bits per heavy atom. The third kappa shape index (κ3) is 4.59. The van der Waals surface area contributed by atoms with Crippen molar-refractivity contribution in [3.63, 3.8) is 0 Å². The largest absolute Gasteiger partial charge is 0.467 e. The van der Waals surface area contributed by atoms with Crippen molar-refractivity contribution >= 4 is 27.3 Å². The van der Waals surface area contributed by atoms with Crippen LogP contribution < -0.4 is 0 Å². The molecule has 0 aliphatic carbocycles. The highest BCUT2D eigenvalue weighted by atomic mass is 35.5. The van der Waals surface area contributed by atoms with Gasteiger partial charge < -0.3 is 14.1 Å². The summed E-state index contributed by atoms with van der Waals surface area (Å²) in [6, 6.07) is 7.70. The van der Waals surface area contributed by atoms with Gasteiger partial charge in [-0.15, -0.1) is 0 Å². The zero-order valence-corrected chi connectivity index (χ0v) is 14.9. The fourth-order valence-corrected chi connectivity index (χ4v) is 3.45. The highest BCUT2D eigenvalue weighted by Crippen LogP contribution is 2.23. The molecule has 0 saturated heterocycles. The Bertz CT molecular complexity index is 802. The Morgan fingerprint density at radius 1 is 1.33 bits per heavy atom. The van der Waals surface area contributed by atoms with E-state index < -0.39 is 9.84 Å². The van der Waals surface area contributed by atoms with Crippen LogP contribution >= 0.6 is 11.6 Å². The minimum absolute atomic E-state index is 0.0697. The Labute approximate surface area is 145 Å². The minimum Gasteiger partial charge on any atom is -0.467 e. The monoisotopic (exact) mass is 371 g/mol. The van der Waals surface area contributed by atoms with Gasteiger partial charge in [0, 0.05) is 25.5 Å². The van der Waals surface area contributed by atoms with Crippen molar-refractivity contribution in [2.24, 2.45) is 0 Å². The molecule has 0 atom stereocenters. The lowest BCUT2D eigenvalue weighted by Crippen LogP contribution is -2.33. The molecular weight excluding hydrogens is 354 g/mol. The third-order valence-electron chi connectivity index (χ3n) is 3.36. The molecule has 130 valence electrons. The van der Waals surface area contributed by atoms with Crippen LogP contribution in [0.15, 0.2) is 45.9 Å². The minimum atomic E-state index is -3.53. The number of amides is 1. The Kier molecular flexibility index (Phi) is 6.04. The number of rotatable bonds is 7. The predicted octanol–water partition coefficient (Wildman–Crippen LogP) is 2.63. The van der Waals surface area contributed by atoms with E-state index in [-0.39, 0.29) is 27.9 Å². The van der Waals surface area contributed by atoms with E-state index in [1.807, 2.05) is 0 Å². The average Bonchev–Trinajstić information content (AvgIpc) is 3.03. The summed E-state index contributed by atoms with van der Waals surface area (Å²) in [5.41, 5.74) is 0.238. The zero-order chi connectivity index (χ0) is 17.7. The molecule has 1 aromatic carbocycles. The molecule has 0 aliphatic rings. The van der Waals surface area contributed by atoms with Crippen LogP contribution in [0.4, 0.5) is 0 Å². The summed E-state index contributed by atoms with van der Waals surface area (Å²) in [6.07, 6.45) is 2.58. The molecule has 1 amide bonds. The molecule has 0 fully saturated rings.